The van der Waals surface area contributed by atoms with Crippen molar-refractivity contribution in [2.24, 2.45) is 0 Å². The molecule has 5 rings (SSSR count). The molecule has 0 amide bonds. The summed E-state index contributed by atoms with van der Waals surface area (Å²) in [5, 5.41) is 9.49. The number of nitrogens with two attached hydrogens (primary N) is 1. The first-order valence-corrected chi connectivity index (χ1v) is 10.2. The van der Waals surface area contributed by atoms with Crippen molar-refractivity contribution in [2.45, 2.75) is 10.4 Å². The summed E-state index contributed by atoms with van der Waals surface area (Å²) >= 11 is 1.20. The lowest BCUT2D eigenvalue weighted by molar-refractivity contribution is 0.0689. The summed E-state index contributed by atoms with van der Waals surface area (Å²) in [6.07, 6.45) is 0. The van der Waals surface area contributed by atoms with E-state index in [1.54, 1.807) is 47.0 Å². The second-order valence-corrected chi connectivity index (χ2v) is 8.25. The third-order valence-corrected chi connectivity index (χ3v) is 6.63. The minimum Gasteiger partial charge on any atom is -0.477 e. The molecule has 2 heterocycles. The molecule has 4 aromatic rings. The van der Waals surface area contributed by atoms with Crippen molar-refractivity contribution in [1.29, 1.82) is 0 Å². The number of fused-ring (bicyclic) bond motifs is 3. The van der Waals surface area contributed by atoms with Gasteiger partial charge in [0, 0.05) is 16.6 Å². The minimum atomic E-state index is -1.37. The van der Waals surface area contributed by atoms with Crippen LogP contribution in [0.25, 0.3) is 22.0 Å². The lowest BCUT2D eigenvalue weighted by Gasteiger charge is -2.35. The van der Waals surface area contributed by atoms with Gasteiger partial charge in [0.2, 0.25) is 5.43 Å². The Morgan fingerprint density at radius 1 is 1.03 bits per heavy atom. The van der Waals surface area contributed by atoms with E-state index in [-0.39, 0.29) is 21.3 Å². The number of thioether (sulfide) groups is 1. The van der Waals surface area contributed by atoms with Gasteiger partial charge in [-0.1, -0.05) is 36.0 Å². The van der Waals surface area contributed by atoms with Gasteiger partial charge in [-0.25, -0.2) is 13.6 Å². The number of anilines is 1. The first kappa shape index (κ1) is 19.3. The average Bonchev–Trinajstić information content (AvgIpc) is 2.72. The van der Waals surface area contributed by atoms with Gasteiger partial charge in [0.25, 0.3) is 0 Å². The Bertz CT molecular complexity index is 1430. The molecule has 0 spiro atoms. The predicted octanol–water partition coefficient (Wildman–Crippen LogP) is 4.88. The van der Waals surface area contributed by atoms with Crippen LogP contribution in [0, 0.1) is 11.6 Å². The molecule has 3 N–H and O–H groups in total. The fourth-order valence-corrected chi connectivity index (χ4v) is 5.06. The number of carboxylic acid groups (broad SMARTS) is 1. The van der Waals surface area contributed by atoms with Crippen LogP contribution in [0.1, 0.15) is 21.3 Å². The predicted molar refractivity (Wildman–Crippen MR) is 115 cm³/mol. The van der Waals surface area contributed by atoms with Crippen LogP contribution < -0.4 is 11.2 Å². The summed E-state index contributed by atoms with van der Waals surface area (Å²) in [5.74, 6) is -2.41. The Balaban J connectivity index is 1.80. The van der Waals surface area contributed by atoms with E-state index in [9.17, 15) is 23.5 Å². The van der Waals surface area contributed by atoms with Crippen LogP contribution in [0.15, 0.2) is 70.5 Å². The molecule has 1 unspecified atom stereocenters. The van der Waals surface area contributed by atoms with Crippen LogP contribution in [0.3, 0.4) is 0 Å². The van der Waals surface area contributed by atoms with E-state index in [4.69, 9.17) is 5.73 Å². The Labute approximate surface area is 178 Å². The van der Waals surface area contributed by atoms with Crippen molar-refractivity contribution in [3.05, 3.63) is 93.6 Å². The molecule has 0 saturated heterocycles. The van der Waals surface area contributed by atoms with E-state index in [0.717, 1.165) is 11.6 Å². The van der Waals surface area contributed by atoms with Crippen molar-refractivity contribution < 1.29 is 18.7 Å². The number of aromatic nitrogens is 1. The van der Waals surface area contributed by atoms with Crippen molar-refractivity contribution in [1.82, 2.24) is 4.57 Å². The summed E-state index contributed by atoms with van der Waals surface area (Å²) in [7, 11) is 0. The van der Waals surface area contributed by atoms with E-state index >= 15 is 0 Å². The highest BCUT2D eigenvalue weighted by atomic mass is 32.2. The maximum absolute atomic E-state index is 15.0. The van der Waals surface area contributed by atoms with Crippen LogP contribution >= 0.6 is 11.8 Å². The van der Waals surface area contributed by atoms with Crippen molar-refractivity contribution >= 4 is 34.3 Å². The second kappa shape index (κ2) is 6.95. The highest BCUT2D eigenvalue weighted by molar-refractivity contribution is 8.00. The zero-order chi connectivity index (χ0) is 21.9. The van der Waals surface area contributed by atoms with E-state index in [1.807, 2.05) is 0 Å². The fraction of sp³-hybridized carbons (Fsp3) is 0.0435. The number of rotatable bonds is 3. The molecular weight excluding hydrogens is 422 g/mol. The number of carboxylic acids is 1. The summed E-state index contributed by atoms with van der Waals surface area (Å²) < 4.78 is 30.0. The lowest BCUT2D eigenvalue weighted by Crippen LogP contribution is -2.29. The summed E-state index contributed by atoms with van der Waals surface area (Å²) in [4.78, 5) is 24.7. The normalized spacial score (nSPS) is 14.8. The van der Waals surface area contributed by atoms with Crippen LogP contribution in [-0.4, -0.2) is 15.6 Å². The molecule has 31 heavy (non-hydrogen) atoms. The number of aromatic carboxylic acids is 1. The largest absolute Gasteiger partial charge is 0.477 e. The standard InChI is InChI=1S/C23H14F2N2O3S/c24-13-5-1-12(2-6-13)21-27-18-10-15(11-3-7-14(26)8-4-11)17(25)9-16(18)20(28)19(23(29)30)22(27)31-21/h1-10,21H,26H2,(H,29,30). The molecule has 0 aliphatic carbocycles. The summed E-state index contributed by atoms with van der Waals surface area (Å²) in [5.41, 5.74) is 7.10. The fourth-order valence-electron chi connectivity index (χ4n) is 3.78. The van der Waals surface area contributed by atoms with E-state index in [2.05, 4.69) is 0 Å². The Hall–Kier alpha value is -3.65. The smallest absolute Gasteiger partial charge is 0.342 e. The molecule has 5 nitrogen and oxygen atoms in total. The number of pyridine rings is 1. The number of nitrogens with zero attached hydrogens (tertiary/aromatic N) is 1. The number of nitrogen functional groups attached to an aromatic ring is 1. The second-order valence-electron chi connectivity index (χ2n) is 7.18. The van der Waals surface area contributed by atoms with Gasteiger partial charge in [0.1, 0.15) is 22.6 Å². The molecule has 154 valence electrons. The first-order valence-electron chi connectivity index (χ1n) is 9.28. The highest BCUT2D eigenvalue weighted by Gasteiger charge is 2.36. The van der Waals surface area contributed by atoms with Gasteiger partial charge in [-0.2, -0.15) is 0 Å². The third kappa shape index (κ3) is 2.98. The van der Waals surface area contributed by atoms with Crippen LogP contribution in [-0.2, 0) is 0 Å². The SMILES string of the molecule is Nc1ccc(-c2cc3c(cc2F)c(=O)c(C(=O)O)c2n3C(c3ccc(F)cc3)S2)cc1. The Kier molecular flexibility index (Phi) is 4.33. The van der Waals surface area contributed by atoms with Gasteiger partial charge >= 0.3 is 5.97 Å². The molecule has 1 aromatic heterocycles. The Morgan fingerprint density at radius 3 is 2.35 bits per heavy atom. The average molecular weight is 436 g/mol. The molecule has 1 atom stereocenters. The number of halogens is 2. The van der Waals surface area contributed by atoms with Crippen LogP contribution in [0.5, 0.6) is 0 Å². The van der Waals surface area contributed by atoms with E-state index in [1.165, 1.54) is 23.9 Å². The van der Waals surface area contributed by atoms with Gasteiger partial charge in [-0.3, -0.25) is 4.79 Å². The van der Waals surface area contributed by atoms with Gasteiger partial charge in [-0.05, 0) is 47.5 Å². The van der Waals surface area contributed by atoms with Crippen LogP contribution in [0.4, 0.5) is 14.5 Å². The quantitative estimate of drug-likeness (QED) is 0.447. The molecular formula is C23H14F2N2O3S. The molecule has 0 fully saturated rings. The summed E-state index contributed by atoms with van der Waals surface area (Å²) in [6, 6.07) is 15.1. The van der Waals surface area contributed by atoms with Crippen molar-refractivity contribution in [3.63, 3.8) is 0 Å². The number of hydrogen-bond donors (Lipinski definition) is 2. The molecule has 0 radical (unpaired) electrons. The molecule has 0 bridgehead atoms. The number of hydrogen-bond acceptors (Lipinski definition) is 4. The number of carbonyl (C=O) groups is 1. The molecule has 3 aromatic carbocycles. The molecule has 1 aliphatic rings. The number of benzene rings is 3. The zero-order valence-corrected chi connectivity index (χ0v) is 16.6. The van der Waals surface area contributed by atoms with Gasteiger partial charge in [-0.15, -0.1) is 0 Å². The molecule has 1 aliphatic heterocycles. The van der Waals surface area contributed by atoms with Gasteiger partial charge in [0.05, 0.1) is 10.5 Å². The lowest BCUT2D eigenvalue weighted by atomic mass is 10.0. The topological polar surface area (TPSA) is 85.3 Å². The van der Waals surface area contributed by atoms with E-state index in [0.29, 0.717) is 16.8 Å². The van der Waals surface area contributed by atoms with Crippen molar-refractivity contribution in [3.8, 4) is 11.1 Å². The third-order valence-electron chi connectivity index (χ3n) is 5.30. The maximum atomic E-state index is 15.0. The minimum absolute atomic E-state index is 0.0229. The van der Waals surface area contributed by atoms with E-state index < -0.39 is 28.6 Å². The Morgan fingerprint density at radius 2 is 1.71 bits per heavy atom. The first-order chi connectivity index (χ1) is 14.8. The molecule has 0 saturated carbocycles. The monoisotopic (exact) mass is 436 g/mol. The zero-order valence-electron chi connectivity index (χ0n) is 15.8. The summed E-state index contributed by atoms with van der Waals surface area (Å²) in [6.45, 7) is 0. The maximum Gasteiger partial charge on any atom is 0.342 e. The van der Waals surface area contributed by atoms with Gasteiger partial charge < -0.3 is 15.4 Å². The molecule has 8 heteroatoms. The van der Waals surface area contributed by atoms with Gasteiger partial charge in [0.15, 0.2) is 0 Å². The highest BCUT2D eigenvalue weighted by Crippen LogP contribution is 2.50. The van der Waals surface area contributed by atoms with Crippen molar-refractivity contribution in [2.75, 3.05) is 5.73 Å². The van der Waals surface area contributed by atoms with Crippen LogP contribution in [0.2, 0.25) is 0 Å².